The number of anilines is 2. The second-order valence-corrected chi connectivity index (χ2v) is 14.8. The molecule has 0 radical (unpaired) electrons. The van der Waals surface area contributed by atoms with Gasteiger partial charge in [-0.05, 0) is 64.1 Å². The van der Waals surface area contributed by atoms with Crippen molar-refractivity contribution in [3.05, 3.63) is 94.6 Å². The van der Waals surface area contributed by atoms with Gasteiger partial charge >= 0.3 is 0 Å². The highest BCUT2D eigenvalue weighted by molar-refractivity contribution is 6.04. The van der Waals surface area contributed by atoms with Crippen molar-refractivity contribution in [2.24, 2.45) is 11.5 Å². The highest BCUT2D eigenvalue weighted by Crippen LogP contribution is 2.33. The molecule has 7 rings (SSSR count). The van der Waals surface area contributed by atoms with Crippen LogP contribution in [0, 0.1) is 13.8 Å². The third kappa shape index (κ3) is 10.6. The maximum Gasteiger partial charge on any atom is 0.276 e. The summed E-state index contributed by atoms with van der Waals surface area (Å²) in [4.78, 5) is 60.0. The number of nitrogens with two attached hydrogens (primary N) is 2. The summed E-state index contributed by atoms with van der Waals surface area (Å²) in [6.45, 7) is 14.5. The van der Waals surface area contributed by atoms with Crippen molar-refractivity contribution in [2.45, 2.75) is 53.9 Å². The zero-order valence-corrected chi connectivity index (χ0v) is 37.1. The van der Waals surface area contributed by atoms with Gasteiger partial charge < -0.3 is 40.7 Å². The smallest absolute Gasteiger partial charge is 0.276 e. The van der Waals surface area contributed by atoms with E-state index in [4.69, 9.17) is 25.9 Å². The summed E-state index contributed by atoms with van der Waals surface area (Å²) < 4.78 is 18.9. The number of ether oxygens (including phenoxy) is 2. The first kappa shape index (κ1) is 46.2. The average molecular weight is 877 g/mol. The van der Waals surface area contributed by atoms with Crippen molar-refractivity contribution in [3.63, 3.8) is 0 Å². The van der Waals surface area contributed by atoms with Gasteiger partial charge in [-0.25, -0.2) is 9.97 Å². The predicted octanol–water partition coefficient (Wildman–Crippen LogP) is 3.53. The molecule has 0 spiro atoms. The van der Waals surface area contributed by atoms with Crippen LogP contribution in [0.4, 0.5) is 11.9 Å². The number of benzene rings is 2. The Morgan fingerprint density at radius 3 is 1.91 bits per heavy atom. The number of hydrogen-bond acceptors (Lipinski definition) is 13. The third-order valence-electron chi connectivity index (χ3n) is 10.5. The quantitative estimate of drug-likeness (QED) is 0.0613. The van der Waals surface area contributed by atoms with Crippen molar-refractivity contribution in [2.75, 3.05) is 64.1 Å². The van der Waals surface area contributed by atoms with Crippen molar-refractivity contribution in [1.29, 1.82) is 0 Å². The number of methoxy groups -OCH3 is 1. The number of carbonyl (C=O) groups excluding carboxylic acids is 4. The molecule has 0 unspecified atom stereocenters. The van der Waals surface area contributed by atoms with Gasteiger partial charge in [-0.15, -0.1) is 0 Å². The monoisotopic (exact) mass is 876 g/mol. The Bertz CT molecular complexity index is 2700. The molecule has 0 saturated carbocycles. The number of aromatic nitrogens is 8. The molecule has 2 aromatic carbocycles. The molecule has 0 bridgehead atoms. The standard InChI is InChI=1S/C37H46N12O5.C7H10N2O/c1-5-49-28(18-23(2)45-49)35(52)44-37-43-26-19-24(33(38)50)21-29(53-4)31(26)48(37)14-7-6-13-47-32-27(42-36(47)40-3)20-25(34(39)51)22-30(32)54-17-9-8-12-46-15-10-41-11-16-46;1-3-9-7(5-10)4-6(2)8-9/h6-9,18-22,41H,5,10-17H2,1-4H3,(H2,38,50)(H2,39,51)(H,40,42)(H,43,44,52);4-5H,3H2,1-2H3/b7-6+,9-8+;. The molecule has 1 aliphatic heterocycles. The van der Waals surface area contributed by atoms with Crippen molar-refractivity contribution >= 4 is 58.0 Å². The van der Waals surface area contributed by atoms with E-state index < -0.39 is 17.7 Å². The minimum absolute atomic E-state index is 0.219. The van der Waals surface area contributed by atoms with Crippen LogP contribution in [0.15, 0.2) is 60.7 Å². The molecule has 1 saturated heterocycles. The number of nitrogens with zero attached hydrogens (tertiary/aromatic N) is 9. The van der Waals surface area contributed by atoms with E-state index in [0.29, 0.717) is 76.3 Å². The summed E-state index contributed by atoms with van der Waals surface area (Å²) in [6.07, 6.45) is 8.73. The molecule has 20 nitrogen and oxygen atoms in total. The van der Waals surface area contributed by atoms with E-state index >= 15 is 0 Å². The largest absolute Gasteiger partial charge is 0.494 e. The number of imidazole rings is 2. The van der Waals surface area contributed by atoms with E-state index in [1.165, 1.54) is 7.11 Å². The normalized spacial score (nSPS) is 13.1. The van der Waals surface area contributed by atoms with Crippen LogP contribution >= 0.6 is 0 Å². The molecule has 5 heterocycles. The molecule has 64 heavy (non-hydrogen) atoms. The van der Waals surface area contributed by atoms with E-state index in [9.17, 15) is 19.2 Å². The lowest BCUT2D eigenvalue weighted by molar-refractivity contribution is 0.0991. The highest BCUT2D eigenvalue weighted by Gasteiger charge is 2.22. The van der Waals surface area contributed by atoms with Gasteiger partial charge in [-0.2, -0.15) is 10.2 Å². The molecule has 0 atom stereocenters. The molecular weight excluding hydrogens is 821 g/mol. The van der Waals surface area contributed by atoms with E-state index in [-0.39, 0.29) is 23.6 Å². The topological polar surface area (TPSA) is 249 Å². The fraction of sp³-hybridized carbons (Fsp3) is 0.364. The average Bonchev–Trinajstić information content (AvgIpc) is 4.06. The van der Waals surface area contributed by atoms with Gasteiger partial charge in [0.15, 0.2) is 6.29 Å². The van der Waals surface area contributed by atoms with Crippen LogP contribution < -0.4 is 36.9 Å². The summed E-state index contributed by atoms with van der Waals surface area (Å²) in [5.74, 6) is 0.0197. The van der Waals surface area contributed by atoms with Crippen LogP contribution in [-0.2, 0) is 26.2 Å². The van der Waals surface area contributed by atoms with Crippen molar-refractivity contribution < 1.29 is 28.7 Å². The molecule has 1 fully saturated rings. The molecule has 0 aliphatic carbocycles. The summed E-state index contributed by atoms with van der Waals surface area (Å²) >= 11 is 0. The van der Waals surface area contributed by atoms with Crippen LogP contribution in [-0.4, -0.2) is 121 Å². The SMILES string of the molecule is CCn1nc(C)cc1C(=O)Nc1nc2cc(C(N)=O)cc(OC)c2n1C/C=C/Cn1c(NC)nc2cc(C(N)=O)cc(OC/C=C/CN3CCNCC3)c21.CCn1nc(C)cc1C=O. The predicted molar refractivity (Wildman–Crippen MR) is 244 cm³/mol. The number of nitrogens with one attached hydrogen (secondary N) is 3. The number of piperazine rings is 1. The molecule has 4 aromatic heterocycles. The van der Waals surface area contributed by atoms with Crippen molar-refractivity contribution in [3.8, 4) is 11.5 Å². The first-order chi connectivity index (χ1) is 30.9. The van der Waals surface area contributed by atoms with Crippen molar-refractivity contribution in [1.82, 2.24) is 48.9 Å². The van der Waals surface area contributed by atoms with Crippen LogP contribution in [0.2, 0.25) is 0 Å². The number of amides is 3. The lowest BCUT2D eigenvalue weighted by atomic mass is 10.1. The number of allylic oxidation sites excluding steroid dienone is 2. The zero-order valence-electron chi connectivity index (χ0n) is 37.1. The van der Waals surface area contributed by atoms with E-state index in [2.05, 4.69) is 42.1 Å². The lowest BCUT2D eigenvalue weighted by Gasteiger charge is -2.25. The summed E-state index contributed by atoms with van der Waals surface area (Å²) in [7, 11) is 3.25. The Hall–Kier alpha value is -7.32. The molecule has 7 N–H and O–H groups in total. The Morgan fingerprint density at radius 1 is 0.766 bits per heavy atom. The maximum atomic E-state index is 13.5. The van der Waals surface area contributed by atoms with E-state index in [1.54, 1.807) is 57.4 Å². The number of rotatable bonds is 18. The van der Waals surface area contributed by atoms with Gasteiger partial charge in [0.25, 0.3) is 5.91 Å². The summed E-state index contributed by atoms with van der Waals surface area (Å²) in [6, 6.07) is 9.89. The van der Waals surface area contributed by atoms with E-state index in [0.717, 1.165) is 51.2 Å². The summed E-state index contributed by atoms with van der Waals surface area (Å²) in [5, 5.41) is 17.9. The first-order valence-corrected chi connectivity index (χ1v) is 21.0. The molecule has 6 aromatic rings. The second-order valence-electron chi connectivity index (χ2n) is 14.8. The minimum atomic E-state index is -0.636. The molecule has 3 amide bonds. The Balaban J connectivity index is 0.000000600. The van der Waals surface area contributed by atoms with Gasteiger partial charge in [0.05, 0.1) is 29.5 Å². The summed E-state index contributed by atoms with van der Waals surface area (Å²) in [5.41, 5.74) is 16.6. The first-order valence-electron chi connectivity index (χ1n) is 21.0. The van der Waals surface area contributed by atoms with E-state index in [1.807, 2.05) is 50.5 Å². The number of carbonyl (C=O) groups is 4. The van der Waals surface area contributed by atoms with Crippen LogP contribution in [0.1, 0.15) is 66.9 Å². The zero-order chi connectivity index (χ0) is 45.9. The fourth-order valence-electron chi connectivity index (χ4n) is 7.38. The van der Waals surface area contributed by atoms with Gasteiger partial charge in [0.2, 0.25) is 23.7 Å². The van der Waals surface area contributed by atoms with Gasteiger partial charge in [0, 0.05) is 77.1 Å². The number of aryl methyl sites for hydroxylation is 4. The number of fused-ring (bicyclic) bond motifs is 2. The second kappa shape index (κ2) is 21.2. The molecule has 338 valence electrons. The molecular formula is C44H56N14O6. The Labute approximate surface area is 370 Å². The van der Waals surface area contributed by atoms with Gasteiger partial charge in [-0.3, -0.25) is 38.8 Å². The maximum absolute atomic E-state index is 13.5. The lowest BCUT2D eigenvalue weighted by Crippen LogP contribution is -2.43. The van der Waals surface area contributed by atoms with Crippen LogP contribution in [0.3, 0.4) is 0 Å². The molecule has 20 heteroatoms. The van der Waals surface area contributed by atoms with Gasteiger partial charge in [0.1, 0.15) is 40.5 Å². The van der Waals surface area contributed by atoms with Gasteiger partial charge in [-0.1, -0.05) is 24.3 Å². The number of hydrogen-bond donors (Lipinski definition) is 5. The third-order valence-corrected chi connectivity index (χ3v) is 10.5. The fourth-order valence-corrected chi connectivity index (χ4v) is 7.38. The number of primary amides is 2. The highest BCUT2D eigenvalue weighted by atomic mass is 16.5. The Kier molecular flexibility index (Phi) is 15.3. The molecule has 1 aliphatic rings. The Morgan fingerprint density at radius 2 is 1.33 bits per heavy atom. The minimum Gasteiger partial charge on any atom is -0.494 e. The number of aldehydes is 1. The van der Waals surface area contributed by atoms with Crippen LogP contribution in [0.5, 0.6) is 11.5 Å². The van der Waals surface area contributed by atoms with Crippen LogP contribution in [0.25, 0.3) is 22.1 Å².